The monoisotopic (exact) mass is 307 g/mol. The van der Waals surface area contributed by atoms with Gasteiger partial charge in [0.05, 0.1) is 4.90 Å². The Morgan fingerprint density at radius 2 is 1.57 bits per heavy atom. The van der Waals surface area contributed by atoms with Crippen LogP contribution >= 0.6 is 0 Å². The summed E-state index contributed by atoms with van der Waals surface area (Å²) in [5.74, 6) is -0.263. The third kappa shape index (κ3) is 4.14. The van der Waals surface area contributed by atoms with E-state index in [-0.39, 0.29) is 5.82 Å². The number of rotatable bonds is 3. The first-order valence-corrected chi connectivity index (χ1v) is 8.09. The molecule has 0 aliphatic rings. The van der Waals surface area contributed by atoms with Gasteiger partial charge in [0.15, 0.2) is 11.0 Å². The summed E-state index contributed by atoms with van der Waals surface area (Å²) in [6.45, 7) is 7.45. The minimum Gasteiger partial charge on any atom is -0.291 e. The number of anilines is 1. The summed E-state index contributed by atoms with van der Waals surface area (Å²) in [5.41, 5.74) is 2.07. The van der Waals surface area contributed by atoms with Crippen molar-refractivity contribution >= 4 is 16.7 Å². The van der Waals surface area contributed by atoms with Crippen LogP contribution in [0.2, 0.25) is 0 Å². The van der Waals surface area contributed by atoms with Gasteiger partial charge in [-0.15, -0.1) is 0 Å². The molecule has 1 atom stereocenters. The number of para-hydroxylation sites is 1. The zero-order chi connectivity index (χ0) is 16.0. The lowest BCUT2D eigenvalue weighted by molar-refractivity contribution is 0.615. The molecular formula is C17H22FNOS. The van der Waals surface area contributed by atoms with Gasteiger partial charge < -0.3 is 0 Å². The van der Waals surface area contributed by atoms with E-state index in [1.165, 1.54) is 6.07 Å². The van der Waals surface area contributed by atoms with Crippen molar-refractivity contribution in [1.82, 2.24) is 0 Å². The summed E-state index contributed by atoms with van der Waals surface area (Å²) >= 11 is 0. The first-order valence-electron chi connectivity index (χ1n) is 6.98. The smallest absolute Gasteiger partial charge is 0.152 e. The van der Waals surface area contributed by atoms with Gasteiger partial charge >= 0.3 is 0 Å². The van der Waals surface area contributed by atoms with Crippen molar-refractivity contribution in [3.8, 4) is 0 Å². The van der Waals surface area contributed by atoms with Gasteiger partial charge in [-0.25, -0.2) is 8.60 Å². The van der Waals surface area contributed by atoms with Gasteiger partial charge in [0, 0.05) is 12.7 Å². The largest absolute Gasteiger partial charge is 0.291 e. The van der Waals surface area contributed by atoms with Gasteiger partial charge in [-0.05, 0) is 49.2 Å². The van der Waals surface area contributed by atoms with Crippen molar-refractivity contribution in [1.29, 1.82) is 0 Å². The van der Waals surface area contributed by atoms with Gasteiger partial charge in [0.1, 0.15) is 5.82 Å². The van der Waals surface area contributed by atoms with Gasteiger partial charge in [-0.1, -0.05) is 32.0 Å². The highest BCUT2D eigenvalue weighted by atomic mass is 32.2. The molecule has 0 spiro atoms. The van der Waals surface area contributed by atoms with Gasteiger partial charge in [-0.2, -0.15) is 0 Å². The van der Waals surface area contributed by atoms with Crippen molar-refractivity contribution in [2.24, 2.45) is 0 Å². The topological polar surface area (TPSA) is 20.3 Å². The van der Waals surface area contributed by atoms with Crippen LogP contribution in [0.25, 0.3) is 0 Å². The number of aryl methyl sites for hydroxylation is 2. The molecule has 2 nitrogen and oxygen atoms in total. The molecule has 2 aromatic rings. The van der Waals surface area contributed by atoms with Gasteiger partial charge in [0.2, 0.25) is 0 Å². The van der Waals surface area contributed by atoms with E-state index in [0.717, 1.165) is 5.69 Å². The fraction of sp³-hybridized carbons (Fsp3) is 0.294. The molecule has 0 fully saturated rings. The molecule has 114 valence electrons. The molecule has 0 amide bonds. The average molecular weight is 307 g/mol. The Balaban J connectivity index is 0.00000106. The fourth-order valence-electron chi connectivity index (χ4n) is 1.82. The normalized spacial score (nSPS) is 11.3. The third-order valence-electron chi connectivity index (χ3n) is 3.01. The van der Waals surface area contributed by atoms with E-state index in [1.54, 1.807) is 31.3 Å². The zero-order valence-corrected chi connectivity index (χ0v) is 14.0. The second kappa shape index (κ2) is 7.93. The van der Waals surface area contributed by atoms with Crippen LogP contribution in [0.3, 0.4) is 0 Å². The second-order valence-corrected chi connectivity index (χ2v) is 5.93. The van der Waals surface area contributed by atoms with Crippen LogP contribution in [-0.4, -0.2) is 11.3 Å². The highest BCUT2D eigenvalue weighted by molar-refractivity contribution is 7.86. The third-order valence-corrected chi connectivity index (χ3v) is 4.54. The maximum absolute atomic E-state index is 13.4. The summed E-state index contributed by atoms with van der Waals surface area (Å²) in [6.07, 6.45) is 0. The molecule has 2 aromatic carbocycles. The maximum atomic E-state index is 13.4. The highest BCUT2D eigenvalue weighted by Crippen LogP contribution is 2.23. The van der Waals surface area contributed by atoms with Crippen LogP contribution in [-0.2, 0) is 11.0 Å². The molecule has 0 aliphatic carbocycles. The predicted octanol–water partition coefficient (Wildman–Crippen LogP) is 4.63. The summed E-state index contributed by atoms with van der Waals surface area (Å²) in [5, 5.41) is 0. The molecule has 4 heteroatoms. The molecule has 0 aromatic heterocycles. The molecule has 0 heterocycles. The molecule has 0 radical (unpaired) electrons. The number of hydrogen-bond acceptors (Lipinski definition) is 1. The van der Waals surface area contributed by atoms with E-state index < -0.39 is 11.0 Å². The average Bonchev–Trinajstić information content (AvgIpc) is 2.52. The summed E-state index contributed by atoms with van der Waals surface area (Å²) in [7, 11) is 0.425. The predicted molar refractivity (Wildman–Crippen MR) is 88.5 cm³/mol. The van der Waals surface area contributed by atoms with Gasteiger partial charge in [-0.3, -0.25) is 4.31 Å². The van der Waals surface area contributed by atoms with Crippen LogP contribution in [0.5, 0.6) is 0 Å². The van der Waals surface area contributed by atoms with Crippen LogP contribution in [0, 0.1) is 19.7 Å². The molecule has 2 rings (SSSR count). The highest BCUT2D eigenvalue weighted by Gasteiger charge is 2.15. The van der Waals surface area contributed by atoms with Crippen molar-refractivity contribution in [3.63, 3.8) is 0 Å². The van der Waals surface area contributed by atoms with Crippen LogP contribution in [0.4, 0.5) is 10.1 Å². The molecule has 0 saturated carbocycles. The first kappa shape index (κ1) is 17.4. The lowest BCUT2D eigenvalue weighted by Gasteiger charge is -2.19. The number of hydrogen-bond donors (Lipinski definition) is 0. The van der Waals surface area contributed by atoms with Crippen LogP contribution in [0.15, 0.2) is 47.4 Å². The molecule has 0 aliphatic heterocycles. The Kier molecular flexibility index (Phi) is 6.56. The molecular weight excluding hydrogens is 285 g/mol. The Hall–Kier alpha value is -1.68. The fourth-order valence-corrected chi connectivity index (χ4v) is 3.04. The van der Waals surface area contributed by atoms with Crippen molar-refractivity contribution in [3.05, 3.63) is 59.4 Å². The van der Waals surface area contributed by atoms with E-state index in [9.17, 15) is 8.60 Å². The molecule has 0 saturated heterocycles. The van der Waals surface area contributed by atoms with E-state index in [1.807, 2.05) is 44.2 Å². The van der Waals surface area contributed by atoms with E-state index in [4.69, 9.17) is 0 Å². The Morgan fingerprint density at radius 3 is 2.14 bits per heavy atom. The minimum absolute atomic E-state index is 0.263. The lowest BCUT2D eigenvalue weighted by Crippen LogP contribution is -2.21. The summed E-state index contributed by atoms with van der Waals surface area (Å²) < 4.78 is 27.7. The van der Waals surface area contributed by atoms with Crippen molar-refractivity contribution in [2.75, 3.05) is 11.4 Å². The lowest BCUT2D eigenvalue weighted by atomic mass is 10.1. The van der Waals surface area contributed by atoms with E-state index >= 15 is 0 Å². The van der Waals surface area contributed by atoms with Crippen LogP contribution in [0.1, 0.15) is 25.0 Å². The number of halogens is 1. The quantitative estimate of drug-likeness (QED) is 0.809. The van der Waals surface area contributed by atoms with Gasteiger partial charge in [0.25, 0.3) is 0 Å². The zero-order valence-electron chi connectivity index (χ0n) is 13.2. The standard InChI is InChI=1S/C15H16FNOS.C2H6/c1-11-10-15(12(2)9-14(11)16)19(18)17(3)13-7-5-4-6-8-13;1-2/h4-10H,1-3H3;1-2H3. The van der Waals surface area contributed by atoms with Crippen molar-refractivity contribution in [2.45, 2.75) is 32.6 Å². The first-order chi connectivity index (χ1) is 10.0. The molecule has 21 heavy (non-hydrogen) atoms. The number of benzene rings is 2. The molecule has 1 unspecified atom stereocenters. The Labute approximate surface area is 129 Å². The van der Waals surface area contributed by atoms with Crippen LogP contribution < -0.4 is 4.31 Å². The number of nitrogens with zero attached hydrogens (tertiary/aromatic N) is 1. The maximum Gasteiger partial charge on any atom is 0.152 e. The molecule has 0 bridgehead atoms. The second-order valence-electron chi connectivity index (χ2n) is 4.45. The molecule has 0 N–H and O–H groups in total. The minimum atomic E-state index is -1.34. The van der Waals surface area contributed by atoms with E-state index in [0.29, 0.717) is 16.0 Å². The summed E-state index contributed by atoms with van der Waals surface area (Å²) in [6, 6.07) is 12.6. The van der Waals surface area contributed by atoms with Crippen molar-refractivity contribution < 1.29 is 8.60 Å². The summed E-state index contributed by atoms with van der Waals surface area (Å²) in [4.78, 5) is 0.644. The Bertz CT molecular complexity index is 614. The van der Waals surface area contributed by atoms with E-state index in [2.05, 4.69) is 0 Å². The SMILES string of the molecule is CC.Cc1cc(S(=O)N(C)c2ccccc2)c(C)cc1F. The Morgan fingerprint density at radius 1 is 1.00 bits per heavy atom.